The van der Waals surface area contributed by atoms with E-state index in [4.69, 9.17) is 0 Å². The van der Waals surface area contributed by atoms with Gasteiger partial charge >= 0.3 is 0 Å². The van der Waals surface area contributed by atoms with Crippen LogP contribution in [0.1, 0.15) is 91.9 Å². The summed E-state index contributed by atoms with van der Waals surface area (Å²) >= 11 is 0. The van der Waals surface area contributed by atoms with Gasteiger partial charge in [-0.25, -0.2) is 0 Å². The van der Waals surface area contributed by atoms with Crippen molar-refractivity contribution in [3.05, 3.63) is 0 Å². The maximum Gasteiger partial charge on any atom is 0.0975 e. The third-order valence-electron chi connectivity index (χ3n) is 6.03. The Labute approximate surface area is 144 Å². The quantitative estimate of drug-likeness (QED) is 0.657. The van der Waals surface area contributed by atoms with E-state index in [1.807, 2.05) is 0 Å². The van der Waals surface area contributed by atoms with E-state index >= 15 is 0 Å². The van der Waals surface area contributed by atoms with Gasteiger partial charge in [-0.15, -0.1) is 0 Å². The summed E-state index contributed by atoms with van der Waals surface area (Å²) in [6.45, 7) is 9.82. The zero-order chi connectivity index (χ0) is 15.9. The summed E-state index contributed by atoms with van der Waals surface area (Å²) in [5, 5.41) is 0. The van der Waals surface area contributed by atoms with Gasteiger partial charge in [-0.1, -0.05) is 66.2 Å². The molecule has 0 amide bonds. The molecule has 0 aromatic carbocycles. The van der Waals surface area contributed by atoms with Gasteiger partial charge in [-0.3, -0.25) is 0 Å². The van der Waals surface area contributed by atoms with Crippen molar-refractivity contribution in [3.8, 4) is 0 Å². The molecule has 2 nitrogen and oxygen atoms in total. The Morgan fingerprint density at radius 1 is 0.591 bits per heavy atom. The minimum absolute atomic E-state index is 0.00412. The van der Waals surface area contributed by atoms with Crippen LogP contribution in [0, 0.1) is 0 Å². The average Bonchev–Trinajstić information content (AvgIpc) is 2.52. The summed E-state index contributed by atoms with van der Waals surface area (Å²) in [7, 11) is -0.00823. The third kappa shape index (κ3) is 5.46. The van der Waals surface area contributed by atoms with Crippen molar-refractivity contribution in [1.82, 2.24) is 9.13 Å². The maximum atomic E-state index is 3.02. The lowest BCUT2D eigenvalue weighted by Gasteiger charge is -2.42. The predicted molar refractivity (Wildman–Crippen MR) is 105 cm³/mol. The van der Waals surface area contributed by atoms with Crippen LogP contribution in [0.4, 0.5) is 0 Å². The maximum absolute atomic E-state index is 3.02. The van der Waals surface area contributed by atoms with Gasteiger partial charge in [0.1, 0.15) is 0 Å². The van der Waals surface area contributed by atoms with Gasteiger partial charge in [0.2, 0.25) is 0 Å². The lowest BCUT2D eigenvalue weighted by molar-refractivity contribution is 0.215. The minimum atomic E-state index is -0.00412. The SMILES string of the molecule is CC(C)N([SiH2][SiH2]N(C(C)C)C1CCCCC1)C1CCCCC1. The van der Waals surface area contributed by atoms with E-state index < -0.39 is 0 Å². The Morgan fingerprint density at radius 2 is 0.909 bits per heavy atom. The van der Waals surface area contributed by atoms with Crippen molar-refractivity contribution in [2.45, 2.75) is 116 Å². The monoisotopic (exact) mass is 340 g/mol. The molecule has 0 radical (unpaired) electrons. The predicted octanol–water partition coefficient (Wildman–Crippen LogP) is 3.16. The molecule has 2 aliphatic carbocycles. The topological polar surface area (TPSA) is 6.48 Å². The summed E-state index contributed by atoms with van der Waals surface area (Å²) < 4.78 is 6.03. The molecule has 0 atom stereocenters. The van der Waals surface area contributed by atoms with Gasteiger partial charge < -0.3 is 9.13 Å². The average molecular weight is 341 g/mol. The molecule has 0 saturated heterocycles. The second kappa shape index (κ2) is 9.60. The van der Waals surface area contributed by atoms with E-state index in [1.54, 1.807) is 0 Å². The highest BCUT2D eigenvalue weighted by Gasteiger charge is 2.27. The first-order valence-corrected chi connectivity index (χ1v) is 15.4. The van der Waals surface area contributed by atoms with Crippen LogP contribution in [0.15, 0.2) is 0 Å². The van der Waals surface area contributed by atoms with E-state index in [0.29, 0.717) is 0 Å². The van der Waals surface area contributed by atoms with Gasteiger partial charge in [-0.2, -0.15) is 0 Å². The first-order valence-electron chi connectivity index (χ1n) is 10.1. The molecule has 0 N–H and O–H groups in total. The Morgan fingerprint density at radius 3 is 1.18 bits per heavy atom. The first-order chi connectivity index (χ1) is 10.6. The number of hydrogen-bond acceptors (Lipinski definition) is 2. The van der Waals surface area contributed by atoms with Crippen LogP contribution in [-0.4, -0.2) is 51.7 Å². The van der Waals surface area contributed by atoms with Gasteiger partial charge in [0.25, 0.3) is 0 Å². The standard InChI is InChI=1S/C18H40N2Si2/c1-15(2)19(17-11-7-5-8-12-17)21-22-20(16(3)4)18-13-9-6-10-14-18/h15-18H,5-14,21-22H2,1-4H3. The van der Waals surface area contributed by atoms with Crippen molar-refractivity contribution in [2.75, 3.05) is 0 Å². The van der Waals surface area contributed by atoms with E-state index in [9.17, 15) is 0 Å². The summed E-state index contributed by atoms with van der Waals surface area (Å²) in [4.78, 5) is 0. The largest absolute Gasteiger partial charge is 0.326 e. The molecule has 0 spiro atoms. The van der Waals surface area contributed by atoms with Crippen molar-refractivity contribution in [1.29, 1.82) is 0 Å². The van der Waals surface area contributed by atoms with Crippen LogP contribution in [0.3, 0.4) is 0 Å². The van der Waals surface area contributed by atoms with E-state index in [0.717, 1.165) is 24.2 Å². The molecule has 2 fully saturated rings. The number of nitrogens with zero attached hydrogens (tertiary/aromatic N) is 2. The van der Waals surface area contributed by atoms with E-state index in [-0.39, 0.29) is 18.4 Å². The Kier molecular flexibility index (Phi) is 8.16. The van der Waals surface area contributed by atoms with Crippen molar-refractivity contribution < 1.29 is 0 Å². The molecule has 22 heavy (non-hydrogen) atoms. The Bertz CT molecular complexity index is 267. The second-order valence-corrected chi connectivity index (χ2v) is 13.3. The lowest BCUT2D eigenvalue weighted by atomic mass is 9.95. The molecule has 0 aliphatic heterocycles. The lowest BCUT2D eigenvalue weighted by Crippen LogP contribution is -2.53. The van der Waals surface area contributed by atoms with E-state index in [1.165, 1.54) is 64.2 Å². The van der Waals surface area contributed by atoms with Gasteiger partial charge in [0.05, 0.1) is 18.4 Å². The molecule has 0 heterocycles. The Balaban J connectivity index is 1.90. The molecular formula is C18H40N2Si2. The van der Waals surface area contributed by atoms with E-state index in [2.05, 4.69) is 36.8 Å². The fourth-order valence-corrected chi connectivity index (χ4v) is 14.4. The van der Waals surface area contributed by atoms with Crippen LogP contribution >= 0.6 is 0 Å². The van der Waals surface area contributed by atoms with Gasteiger partial charge in [0, 0.05) is 12.1 Å². The first kappa shape index (κ1) is 18.7. The summed E-state index contributed by atoms with van der Waals surface area (Å²) in [5.41, 5.74) is 0. The molecule has 4 heteroatoms. The highest BCUT2D eigenvalue weighted by molar-refractivity contribution is 6.97. The molecule has 2 saturated carbocycles. The molecule has 2 rings (SSSR count). The minimum Gasteiger partial charge on any atom is -0.326 e. The Hall–Kier alpha value is 0.354. The normalized spacial score (nSPS) is 23.5. The fourth-order valence-electron chi connectivity index (χ4n) is 4.78. The zero-order valence-corrected chi connectivity index (χ0v) is 18.5. The third-order valence-corrected chi connectivity index (χ3v) is 13.5. The number of rotatable bonds is 7. The van der Waals surface area contributed by atoms with Crippen LogP contribution in [-0.2, 0) is 0 Å². The molecule has 130 valence electrons. The van der Waals surface area contributed by atoms with Crippen LogP contribution in [0.2, 0.25) is 0 Å². The summed E-state index contributed by atoms with van der Waals surface area (Å²) in [5.74, 6) is 0. The highest BCUT2D eigenvalue weighted by atomic mass is 29.2. The van der Waals surface area contributed by atoms with Crippen molar-refractivity contribution in [2.24, 2.45) is 0 Å². The van der Waals surface area contributed by atoms with Crippen LogP contribution in [0.25, 0.3) is 0 Å². The molecule has 0 aromatic heterocycles. The van der Waals surface area contributed by atoms with Gasteiger partial charge in [0.15, 0.2) is 0 Å². The summed E-state index contributed by atoms with van der Waals surface area (Å²) in [6, 6.07) is 3.49. The molecule has 2 aliphatic rings. The molecule has 0 unspecified atom stereocenters. The van der Waals surface area contributed by atoms with Crippen LogP contribution in [0.5, 0.6) is 0 Å². The second-order valence-electron chi connectivity index (χ2n) is 8.25. The van der Waals surface area contributed by atoms with Crippen molar-refractivity contribution in [3.63, 3.8) is 0 Å². The number of hydrogen-bond donors (Lipinski definition) is 0. The highest BCUT2D eigenvalue weighted by Crippen LogP contribution is 2.25. The molecule has 0 aromatic rings. The van der Waals surface area contributed by atoms with Crippen molar-refractivity contribution >= 4 is 18.4 Å². The smallest absolute Gasteiger partial charge is 0.0975 e. The van der Waals surface area contributed by atoms with Crippen LogP contribution < -0.4 is 0 Å². The fraction of sp³-hybridized carbons (Fsp3) is 1.00. The molecule has 0 bridgehead atoms. The zero-order valence-electron chi connectivity index (χ0n) is 15.7. The summed E-state index contributed by atoms with van der Waals surface area (Å²) in [6.07, 6.45) is 14.9. The van der Waals surface area contributed by atoms with Gasteiger partial charge in [-0.05, 0) is 37.8 Å². The molecular weight excluding hydrogens is 300 g/mol.